The van der Waals surface area contributed by atoms with E-state index >= 15 is 0 Å². The summed E-state index contributed by atoms with van der Waals surface area (Å²) < 4.78 is 27.5. The van der Waals surface area contributed by atoms with Crippen LogP contribution < -0.4 is 4.90 Å². The standard InChI is InChI=1S/C22H27N3O2S/c1-2-3-4-7-19-10-12-21(13-11-19)28(26,27)25-16-14-24(15-17-25)22-9-6-5-8-20(22)18-23/h5-6,8-13H,2-4,7,14-17H2,1H3. The van der Waals surface area contributed by atoms with Crippen LogP contribution in [0, 0.1) is 11.3 Å². The molecule has 5 nitrogen and oxygen atoms in total. The number of anilines is 1. The van der Waals surface area contributed by atoms with Crippen molar-refractivity contribution >= 4 is 15.7 Å². The predicted molar refractivity (Wildman–Crippen MR) is 112 cm³/mol. The monoisotopic (exact) mass is 397 g/mol. The minimum absolute atomic E-state index is 0.359. The third-order valence-electron chi connectivity index (χ3n) is 5.23. The van der Waals surface area contributed by atoms with E-state index in [1.54, 1.807) is 22.5 Å². The zero-order valence-electron chi connectivity index (χ0n) is 16.3. The second-order valence-electron chi connectivity index (χ2n) is 7.12. The van der Waals surface area contributed by atoms with E-state index in [2.05, 4.69) is 17.9 Å². The quantitative estimate of drug-likeness (QED) is 0.667. The van der Waals surface area contributed by atoms with Crippen molar-refractivity contribution in [2.75, 3.05) is 31.1 Å². The van der Waals surface area contributed by atoms with Gasteiger partial charge < -0.3 is 4.90 Å². The molecule has 0 aliphatic carbocycles. The highest BCUT2D eigenvalue weighted by Gasteiger charge is 2.29. The molecule has 0 aromatic heterocycles. The second kappa shape index (κ2) is 9.22. The Labute approximate surface area is 168 Å². The number of hydrogen-bond donors (Lipinski definition) is 0. The number of rotatable bonds is 7. The van der Waals surface area contributed by atoms with Crippen LogP contribution >= 0.6 is 0 Å². The van der Waals surface area contributed by atoms with Crippen molar-refractivity contribution in [3.63, 3.8) is 0 Å². The lowest BCUT2D eigenvalue weighted by Gasteiger charge is -2.35. The number of nitrogens with zero attached hydrogens (tertiary/aromatic N) is 3. The SMILES string of the molecule is CCCCCc1ccc(S(=O)(=O)N2CCN(c3ccccc3C#N)CC2)cc1. The summed E-state index contributed by atoms with van der Waals surface area (Å²) in [6.07, 6.45) is 4.50. The molecule has 0 bridgehead atoms. The van der Waals surface area contributed by atoms with Gasteiger partial charge in [0.25, 0.3) is 0 Å². The largest absolute Gasteiger partial charge is 0.368 e. The van der Waals surface area contributed by atoms with Gasteiger partial charge in [-0.15, -0.1) is 0 Å². The Hall–Kier alpha value is -2.36. The number of aryl methyl sites for hydroxylation is 1. The molecule has 3 rings (SSSR count). The molecule has 0 atom stereocenters. The highest BCUT2D eigenvalue weighted by atomic mass is 32.2. The zero-order valence-corrected chi connectivity index (χ0v) is 17.2. The third kappa shape index (κ3) is 4.54. The Balaban J connectivity index is 1.65. The molecule has 1 fully saturated rings. The van der Waals surface area contributed by atoms with E-state index < -0.39 is 10.0 Å². The Morgan fingerprint density at radius 1 is 0.964 bits per heavy atom. The molecule has 0 amide bonds. The summed E-state index contributed by atoms with van der Waals surface area (Å²) in [7, 11) is -3.48. The van der Waals surface area contributed by atoms with Crippen LogP contribution in [0.15, 0.2) is 53.4 Å². The molecule has 6 heteroatoms. The van der Waals surface area contributed by atoms with E-state index in [1.807, 2.05) is 30.3 Å². The first-order valence-electron chi connectivity index (χ1n) is 9.89. The molecule has 0 N–H and O–H groups in total. The Kier molecular flexibility index (Phi) is 6.71. The van der Waals surface area contributed by atoms with Gasteiger partial charge in [0.2, 0.25) is 10.0 Å². The van der Waals surface area contributed by atoms with E-state index in [4.69, 9.17) is 0 Å². The maximum absolute atomic E-state index is 13.0. The first kappa shape index (κ1) is 20.4. The van der Waals surface area contributed by atoms with Gasteiger partial charge in [-0.05, 0) is 42.7 Å². The van der Waals surface area contributed by atoms with Crippen molar-refractivity contribution in [3.8, 4) is 6.07 Å². The lowest BCUT2D eigenvalue weighted by atomic mass is 10.1. The number of para-hydroxylation sites is 1. The summed E-state index contributed by atoms with van der Waals surface area (Å²) in [5.41, 5.74) is 2.68. The van der Waals surface area contributed by atoms with Crippen molar-refractivity contribution in [1.82, 2.24) is 4.31 Å². The molecule has 0 saturated carbocycles. The fraction of sp³-hybridized carbons (Fsp3) is 0.409. The number of piperazine rings is 1. The van der Waals surface area contributed by atoms with Crippen LogP contribution in [-0.2, 0) is 16.4 Å². The van der Waals surface area contributed by atoms with E-state index in [-0.39, 0.29) is 0 Å². The van der Waals surface area contributed by atoms with Crippen molar-refractivity contribution in [1.29, 1.82) is 5.26 Å². The smallest absolute Gasteiger partial charge is 0.243 e. The van der Waals surface area contributed by atoms with Crippen LogP contribution in [0.3, 0.4) is 0 Å². The van der Waals surface area contributed by atoms with E-state index in [9.17, 15) is 13.7 Å². The van der Waals surface area contributed by atoms with Gasteiger partial charge in [0.1, 0.15) is 6.07 Å². The van der Waals surface area contributed by atoms with Crippen LogP contribution in [0.5, 0.6) is 0 Å². The lowest BCUT2D eigenvalue weighted by Crippen LogP contribution is -2.48. The van der Waals surface area contributed by atoms with E-state index in [1.165, 1.54) is 18.4 Å². The third-order valence-corrected chi connectivity index (χ3v) is 7.15. The predicted octanol–water partition coefficient (Wildman–Crippen LogP) is 3.80. The highest BCUT2D eigenvalue weighted by molar-refractivity contribution is 7.89. The Bertz CT molecular complexity index is 925. The minimum Gasteiger partial charge on any atom is -0.368 e. The summed E-state index contributed by atoms with van der Waals surface area (Å²) in [5, 5.41) is 9.29. The maximum Gasteiger partial charge on any atom is 0.243 e. The minimum atomic E-state index is -3.48. The van der Waals surface area contributed by atoms with E-state index in [0.717, 1.165) is 18.5 Å². The van der Waals surface area contributed by atoms with Gasteiger partial charge in [-0.1, -0.05) is 44.0 Å². The van der Waals surface area contributed by atoms with Gasteiger partial charge in [-0.2, -0.15) is 9.57 Å². The van der Waals surface area contributed by atoms with Gasteiger partial charge in [-0.25, -0.2) is 8.42 Å². The van der Waals surface area contributed by atoms with Crippen LogP contribution in [0.1, 0.15) is 37.3 Å². The van der Waals surface area contributed by atoms with Gasteiger partial charge in [0, 0.05) is 26.2 Å². The highest BCUT2D eigenvalue weighted by Crippen LogP contribution is 2.24. The molecule has 1 heterocycles. The molecule has 1 saturated heterocycles. The van der Waals surface area contributed by atoms with Gasteiger partial charge in [-0.3, -0.25) is 0 Å². The average molecular weight is 398 g/mol. The molecule has 0 unspecified atom stereocenters. The van der Waals surface area contributed by atoms with Crippen molar-refractivity contribution in [3.05, 3.63) is 59.7 Å². The van der Waals surface area contributed by atoms with Gasteiger partial charge in [0.15, 0.2) is 0 Å². The molecule has 1 aliphatic rings. The molecule has 2 aromatic carbocycles. The summed E-state index contributed by atoms with van der Waals surface area (Å²) in [5.74, 6) is 0. The van der Waals surface area contributed by atoms with Crippen LogP contribution in [-0.4, -0.2) is 38.9 Å². The Morgan fingerprint density at radius 3 is 2.29 bits per heavy atom. The van der Waals surface area contributed by atoms with E-state index in [0.29, 0.717) is 36.6 Å². The molecule has 148 valence electrons. The molecular formula is C22H27N3O2S. The van der Waals surface area contributed by atoms with Crippen molar-refractivity contribution in [2.45, 2.75) is 37.5 Å². The summed E-state index contributed by atoms with van der Waals surface area (Å²) in [6.45, 7) is 4.16. The number of benzene rings is 2. The first-order chi connectivity index (χ1) is 13.6. The van der Waals surface area contributed by atoms with Crippen LogP contribution in [0.4, 0.5) is 5.69 Å². The molecule has 2 aromatic rings. The number of nitriles is 1. The zero-order chi connectivity index (χ0) is 20.0. The summed E-state index contributed by atoms with van der Waals surface area (Å²) >= 11 is 0. The molecular weight excluding hydrogens is 370 g/mol. The molecule has 28 heavy (non-hydrogen) atoms. The maximum atomic E-state index is 13.0. The number of sulfonamides is 1. The summed E-state index contributed by atoms with van der Waals surface area (Å²) in [6, 6.07) is 17.0. The molecule has 0 spiro atoms. The van der Waals surface area contributed by atoms with Crippen molar-refractivity contribution < 1.29 is 8.42 Å². The lowest BCUT2D eigenvalue weighted by molar-refractivity contribution is 0.385. The number of hydrogen-bond acceptors (Lipinski definition) is 4. The normalized spacial score (nSPS) is 15.4. The van der Waals surface area contributed by atoms with Crippen LogP contribution in [0.25, 0.3) is 0 Å². The van der Waals surface area contributed by atoms with Crippen LogP contribution in [0.2, 0.25) is 0 Å². The van der Waals surface area contributed by atoms with Crippen molar-refractivity contribution in [2.24, 2.45) is 0 Å². The average Bonchev–Trinajstić information content (AvgIpc) is 2.74. The van der Waals surface area contributed by atoms with Gasteiger partial charge >= 0.3 is 0 Å². The molecule has 1 aliphatic heterocycles. The fourth-order valence-electron chi connectivity index (χ4n) is 3.57. The second-order valence-corrected chi connectivity index (χ2v) is 9.06. The Morgan fingerprint density at radius 2 is 1.64 bits per heavy atom. The fourth-order valence-corrected chi connectivity index (χ4v) is 4.99. The van der Waals surface area contributed by atoms with Gasteiger partial charge in [0.05, 0.1) is 16.1 Å². The molecule has 0 radical (unpaired) electrons. The summed E-state index contributed by atoms with van der Waals surface area (Å²) in [4.78, 5) is 2.44. The topological polar surface area (TPSA) is 64.4 Å². The first-order valence-corrected chi connectivity index (χ1v) is 11.3. The number of unbranched alkanes of at least 4 members (excludes halogenated alkanes) is 2.